The van der Waals surface area contributed by atoms with Gasteiger partial charge in [-0.15, -0.1) is 0 Å². The molecule has 2 aliphatic carbocycles. The lowest BCUT2D eigenvalue weighted by Crippen LogP contribution is -2.50. The Kier molecular flexibility index (Phi) is 6.48. The number of aliphatic hydroxyl groups is 1. The fourth-order valence-corrected chi connectivity index (χ4v) is 3.90. The van der Waals surface area contributed by atoms with Crippen molar-refractivity contribution >= 4 is 0 Å². The average molecular weight is 298 g/mol. The summed E-state index contributed by atoms with van der Waals surface area (Å²) >= 11 is 0. The molecule has 2 aliphatic rings. The van der Waals surface area contributed by atoms with Crippen molar-refractivity contribution in [1.82, 2.24) is 10.2 Å². The molecular formula is C17H34N2O2. The molecule has 0 aromatic carbocycles. The summed E-state index contributed by atoms with van der Waals surface area (Å²) in [6.07, 6.45) is 7.25. The number of ether oxygens (including phenoxy) is 1. The van der Waals surface area contributed by atoms with Gasteiger partial charge in [-0.3, -0.25) is 4.90 Å². The summed E-state index contributed by atoms with van der Waals surface area (Å²) in [6.45, 7) is 7.66. The Bertz CT molecular complexity index is 309. The van der Waals surface area contributed by atoms with Crippen LogP contribution in [0.5, 0.6) is 0 Å². The number of nitrogens with zero attached hydrogens (tertiary/aromatic N) is 1. The third kappa shape index (κ3) is 4.41. The van der Waals surface area contributed by atoms with Crippen LogP contribution in [-0.4, -0.2) is 61.0 Å². The van der Waals surface area contributed by atoms with Gasteiger partial charge >= 0.3 is 0 Å². The summed E-state index contributed by atoms with van der Waals surface area (Å²) in [7, 11) is 1.79. The first-order valence-electron chi connectivity index (χ1n) is 8.76. The molecule has 0 radical (unpaired) electrons. The van der Waals surface area contributed by atoms with E-state index in [0.29, 0.717) is 12.1 Å². The van der Waals surface area contributed by atoms with E-state index in [0.717, 1.165) is 44.9 Å². The third-order valence-corrected chi connectivity index (χ3v) is 5.49. The quantitative estimate of drug-likeness (QED) is 0.648. The Hall–Kier alpha value is -0.160. The minimum Gasteiger partial charge on any atom is -0.394 e. The molecule has 2 saturated carbocycles. The molecule has 3 atom stereocenters. The minimum absolute atomic E-state index is 0.0464. The van der Waals surface area contributed by atoms with Gasteiger partial charge in [-0.2, -0.15) is 0 Å². The maximum Gasteiger partial charge on any atom is 0.0613 e. The van der Waals surface area contributed by atoms with Crippen molar-refractivity contribution in [1.29, 1.82) is 0 Å². The summed E-state index contributed by atoms with van der Waals surface area (Å²) in [4.78, 5) is 2.66. The van der Waals surface area contributed by atoms with E-state index in [1.54, 1.807) is 7.11 Å². The monoisotopic (exact) mass is 298 g/mol. The highest BCUT2D eigenvalue weighted by Crippen LogP contribution is 2.40. The highest BCUT2D eigenvalue weighted by molar-refractivity contribution is 5.01. The van der Waals surface area contributed by atoms with Crippen molar-refractivity contribution < 1.29 is 9.84 Å². The largest absolute Gasteiger partial charge is 0.394 e. The molecule has 4 heteroatoms. The number of methoxy groups -OCH3 is 1. The maximum atomic E-state index is 9.87. The van der Waals surface area contributed by atoms with E-state index in [9.17, 15) is 5.11 Å². The van der Waals surface area contributed by atoms with Gasteiger partial charge in [0.15, 0.2) is 0 Å². The van der Waals surface area contributed by atoms with Gasteiger partial charge in [0, 0.05) is 31.3 Å². The Morgan fingerprint density at radius 2 is 2.14 bits per heavy atom. The fraction of sp³-hybridized carbons (Fsp3) is 1.00. The molecular weight excluding hydrogens is 264 g/mol. The Morgan fingerprint density at radius 3 is 2.71 bits per heavy atom. The van der Waals surface area contributed by atoms with E-state index in [-0.39, 0.29) is 12.1 Å². The Balaban J connectivity index is 1.96. The summed E-state index contributed by atoms with van der Waals surface area (Å²) in [5.41, 5.74) is -0.0464. The minimum atomic E-state index is -0.0464. The highest BCUT2D eigenvalue weighted by atomic mass is 16.5. The predicted octanol–water partition coefficient (Wildman–Crippen LogP) is 2.02. The van der Waals surface area contributed by atoms with Gasteiger partial charge in [0.25, 0.3) is 0 Å². The van der Waals surface area contributed by atoms with Crippen LogP contribution in [-0.2, 0) is 4.74 Å². The van der Waals surface area contributed by atoms with Crippen LogP contribution in [0.4, 0.5) is 0 Å². The van der Waals surface area contributed by atoms with Crippen LogP contribution in [0, 0.1) is 5.92 Å². The maximum absolute atomic E-state index is 9.87. The van der Waals surface area contributed by atoms with Gasteiger partial charge in [0.05, 0.1) is 13.2 Å². The molecule has 0 aromatic heterocycles. The molecule has 2 N–H and O–H groups in total. The zero-order valence-corrected chi connectivity index (χ0v) is 14.1. The molecule has 2 rings (SSSR count). The Morgan fingerprint density at radius 1 is 1.38 bits per heavy atom. The first-order chi connectivity index (χ1) is 10.2. The predicted molar refractivity (Wildman–Crippen MR) is 86.5 cm³/mol. The van der Waals surface area contributed by atoms with E-state index >= 15 is 0 Å². The highest BCUT2D eigenvalue weighted by Gasteiger charge is 2.43. The zero-order valence-electron chi connectivity index (χ0n) is 14.1. The lowest BCUT2D eigenvalue weighted by molar-refractivity contribution is 0.0748. The number of nitrogens with one attached hydrogen (secondary N) is 1. The van der Waals surface area contributed by atoms with Gasteiger partial charge in [0.2, 0.25) is 0 Å². The standard InChI is InChI=1S/C17H34N2O2/c1-4-9-18-17(13-20)8-7-16(12-17)19(10-11-21-3)14(2)15-5-6-15/h14-16,18,20H,4-13H2,1-3H3. The summed E-state index contributed by atoms with van der Waals surface area (Å²) in [6, 6.07) is 1.25. The van der Waals surface area contributed by atoms with Crippen molar-refractivity contribution in [2.24, 2.45) is 5.92 Å². The first kappa shape index (κ1) is 17.2. The molecule has 124 valence electrons. The van der Waals surface area contributed by atoms with Crippen molar-refractivity contribution in [3.05, 3.63) is 0 Å². The molecule has 0 spiro atoms. The fourth-order valence-electron chi connectivity index (χ4n) is 3.90. The van der Waals surface area contributed by atoms with Crippen molar-refractivity contribution in [3.63, 3.8) is 0 Å². The van der Waals surface area contributed by atoms with Crippen molar-refractivity contribution in [3.8, 4) is 0 Å². The van der Waals surface area contributed by atoms with E-state index in [1.165, 1.54) is 19.3 Å². The van der Waals surface area contributed by atoms with E-state index in [2.05, 4.69) is 24.1 Å². The third-order valence-electron chi connectivity index (χ3n) is 5.49. The normalized spacial score (nSPS) is 31.0. The molecule has 3 unspecified atom stereocenters. The number of hydrogen-bond donors (Lipinski definition) is 2. The SMILES string of the molecule is CCCNC1(CO)CCC(N(CCOC)C(C)C2CC2)C1. The van der Waals surface area contributed by atoms with E-state index < -0.39 is 0 Å². The lowest BCUT2D eigenvalue weighted by Gasteiger charge is -2.36. The molecule has 0 amide bonds. The molecule has 0 aliphatic heterocycles. The molecule has 2 fully saturated rings. The van der Waals surface area contributed by atoms with E-state index in [1.807, 2.05) is 0 Å². The van der Waals surface area contributed by atoms with Gasteiger partial charge in [-0.05, 0) is 57.9 Å². The van der Waals surface area contributed by atoms with Gasteiger partial charge in [0.1, 0.15) is 0 Å². The second-order valence-corrected chi connectivity index (χ2v) is 7.07. The molecule has 0 saturated heterocycles. The first-order valence-corrected chi connectivity index (χ1v) is 8.76. The second-order valence-electron chi connectivity index (χ2n) is 7.07. The summed E-state index contributed by atoms with van der Waals surface area (Å²) in [5, 5.41) is 13.5. The molecule has 0 heterocycles. The number of hydrogen-bond acceptors (Lipinski definition) is 4. The van der Waals surface area contributed by atoms with Crippen LogP contribution in [0.15, 0.2) is 0 Å². The van der Waals surface area contributed by atoms with Crippen LogP contribution < -0.4 is 5.32 Å². The number of aliphatic hydroxyl groups excluding tert-OH is 1. The molecule has 0 bridgehead atoms. The van der Waals surface area contributed by atoms with Crippen molar-refractivity contribution in [2.45, 2.75) is 70.0 Å². The van der Waals surface area contributed by atoms with Gasteiger partial charge in [-0.1, -0.05) is 6.92 Å². The molecule has 0 aromatic rings. The summed E-state index contributed by atoms with van der Waals surface area (Å²) in [5.74, 6) is 0.884. The summed E-state index contributed by atoms with van der Waals surface area (Å²) < 4.78 is 5.32. The smallest absolute Gasteiger partial charge is 0.0613 e. The second kappa shape index (κ2) is 7.91. The van der Waals surface area contributed by atoms with Crippen molar-refractivity contribution in [2.75, 3.05) is 33.4 Å². The van der Waals surface area contributed by atoms with Crippen LogP contribution in [0.3, 0.4) is 0 Å². The van der Waals surface area contributed by atoms with Crippen LogP contribution >= 0.6 is 0 Å². The lowest BCUT2D eigenvalue weighted by atomic mass is 9.97. The molecule has 21 heavy (non-hydrogen) atoms. The van der Waals surface area contributed by atoms with Crippen LogP contribution in [0.2, 0.25) is 0 Å². The zero-order chi connectivity index (χ0) is 15.3. The molecule has 4 nitrogen and oxygen atoms in total. The topological polar surface area (TPSA) is 44.7 Å². The Labute approximate surface area is 130 Å². The van der Waals surface area contributed by atoms with Crippen LogP contribution in [0.1, 0.15) is 52.4 Å². The average Bonchev–Trinajstić information content (AvgIpc) is 3.27. The number of rotatable bonds is 10. The van der Waals surface area contributed by atoms with Gasteiger partial charge in [-0.25, -0.2) is 0 Å². The van der Waals surface area contributed by atoms with Crippen LogP contribution in [0.25, 0.3) is 0 Å². The van der Waals surface area contributed by atoms with Gasteiger partial charge < -0.3 is 15.2 Å². The van der Waals surface area contributed by atoms with E-state index in [4.69, 9.17) is 4.74 Å².